The van der Waals surface area contributed by atoms with Gasteiger partial charge in [-0.3, -0.25) is 4.79 Å². The zero-order chi connectivity index (χ0) is 14.0. The zero-order valence-electron chi connectivity index (χ0n) is 11.4. The molecule has 1 aromatic carbocycles. The van der Waals surface area contributed by atoms with Crippen molar-refractivity contribution in [3.63, 3.8) is 0 Å². The third kappa shape index (κ3) is 2.85. The van der Waals surface area contributed by atoms with Gasteiger partial charge in [-0.1, -0.05) is 6.07 Å². The van der Waals surface area contributed by atoms with E-state index in [-0.39, 0.29) is 17.9 Å². The number of carbonyl (C=O) groups excluding carboxylic acids is 1. The van der Waals surface area contributed by atoms with Crippen molar-refractivity contribution in [1.29, 1.82) is 0 Å². The Morgan fingerprint density at radius 2 is 2.30 bits per heavy atom. The van der Waals surface area contributed by atoms with Crippen LogP contribution in [0.5, 0.6) is 5.75 Å². The number of hydrogen-bond donors (Lipinski definition) is 2. The van der Waals surface area contributed by atoms with Gasteiger partial charge in [0.15, 0.2) is 0 Å². The molecule has 1 aliphatic heterocycles. The summed E-state index contributed by atoms with van der Waals surface area (Å²) in [4.78, 5) is 11.7. The highest BCUT2D eigenvalue weighted by atomic mass is 16.5. The summed E-state index contributed by atoms with van der Waals surface area (Å²) in [7, 11) is 0. The number of ether oxygens (including phenoxy) is 1. The Kier molecular flexibility index (Phi) is 3.49. The SMILES string of the molecule is O=C(/C=C/c1ccc2c(c1)CCO2)NCC1(CO)CC1. The lowest BCUT2D eigenvalue weighted by atomic mass is 10.1. The van der Waals surface area contributed by atoms with Gasteiger partial charge in [0.25, 0.3) is 0 Å². The van der Waals surface area contributed by atoms with Crippen molar-refractivity contribution in [2.24, 2.45) is 5.41 Å². The molecule has 1 aromatic rings. The molecule has 3 rings (SSSR count). The van der Waals surface area contributed by atoms with E-state index in [1.807, 2.05) is 18.2 Å². The fourth-order valence-electron chi connectivity index (χ4n) is 2.38. The molecule has 1 aliphatic carbocycles. The molecule has 0 aromatic heterocycles. The molecule has 4 nitrogen and oxygen atoms in total. The topological polar surface area (TPSA) is 58.6 Å². The molecular weight excluding hydrogens is 254 g/mol. The summed E-state index contributed by atoms with van der Waals surface area (Å²) < 4.78 is 5.45. The molecule has 0 bridgehead atoms. The number of aliphatic hydroxyl groups excluding tert-OH is 1. The molecule has 1 saturated carbocycles. The summed E-state index contributed by atoms with van der Waals surface area (Å²) in [5.41, 5.74) is 2.16. The normalized spacial score (nSPS) is 18.6. The van der Waals surface area contributed by atoms with Gasteiger partial charge in [-0.2, -0.15) is 0 Å². The maximum absolute atomic E-state index is 11.7. The number of benzene rings is 1. The van der Waals surface area contributed by atoms with E-state index in [0.29, 0.717) is 6.54 Å². The van der Waals surface area contributed by atoms with Gasteiger partial charge in [-0.25, -0.2) is 0 Å². The number of amides is 1. The molecule has 0 unspecified atom stereocenters. The molecule has 2 N–H and O–H groups in total. The van der Waals surface area contributed by atoms with Gasteiger partial charge in [0.2, 0.25) is 5.91 Å². The molecule has 20 heavy (non-hydrogen) atoms. The van der Waals surface area contributed by atoms with Gasteiger partial charge in [-0.15, -0.1) is 0 Å². The van der Waals surface area contributed by atoms with E-state index < -0.39 is 0 Å². The van der Waals surface area contributed by atoms with Gasteiger partial charge < -0.3 is 15.2 Å². The Morgan fingerprint density at radius 3 is 3.05 bits per heavy atom. The van der Waals surface area contributed by atoms with Gasteiger partial charge in [-0.05, 0) is 42.2 Å². The number of aliphatic hydroxyl groups is 1. The monoisotopic (exact) mass is 273 g/mol. The first kappa shape index (κ1) is 13.2. The predicted octanol–water partition coefficient (Wildman–Crippen LogP) is 1.52. The summed E-state index contributed by atoms with van der Waals surface area (Å²) >= 11 is 0. The van der Waals surface area contributed by atoms with E-state index in [1.165, 1.54) is 5.56 Å². The molecule has 106 valence electrons. The van der Waals surface area contributed by atoms with Gasteiger partial charge >= 0.3 is 0 Å². The fraction of sp³-hybridized carbons (Fsp3) is 0.438. The summed E-state index contributed by atoms with van der Waals surface area (Å²) in [6.45, 7) is 1.46. The second kappa shape index (κ2) is 5.29. The average Bonchev–Trinajstić information content (AvgIpc) is 3.11. The highest BCUT2D eigenvalue weighted by molar-refractivity contribution is 5.91. The summed E-state index contributed by atoms with van der Waals surface area (Å²) in [5.74, 6) is 0.840. The number of hydrogen-bond acceptors (Lipinski definition) is 3. The highest BCUT2D eigenvalue weighted by Crippen LogP contribution is 2.44. The molecular formula is C16H19NO3. The summed E-state index contributed by atoms with van der Waals surface area (Å²) in [5, 5.41) is 12.0. The van der Waals surface area contributed by atoms with E-state index >= 15 is 0 Å². The van der Waals surface area contributed by atoms with Crippen LogP contribution in [0.4, 0.5) is 0 Å². The lowest BCUT2D eigenvalue weighted by Crippen LogP contribution is -2.30. The van der Waals surface area contributed by atoms with E-state index in [2.05, 4.69) is 11.4 Å². The van der Waals surface area contributed by atoms with Crippen LogP contribution in [0.1, 0.15) is 24.0 Å². The largest absolute Gasteiger partial charge is 0.493 e. The van der Waals surface area contributed by atoms with Crippen LogP contribution in [0.3, 0.4) is 0 Å². The number of nitrogens with one attached hydrogen (secondary N) is 1. The van der Waals surface area contributed by atoms with E-state index in [9.17, 15) is 9.90 Å². The Bertz CT molecular complexity index is 547. The first-order valence-electron chi connectivity index (χ1n) is 7.03. The first-order chi connectivity index (χ1) is 9.71. The van der Waals surface area contributed by atoms with Crippen molar-refractivity contribution in [2.75, 3.05) is 19.8 Å². The van der Waals surface area contributed by atoms with Crippen molar-refractivity contribution >= 4 is 12.0 Å². The minimum absolute atomic E-state index is 0.0472. The van der Waals surface area contributed by atoms with E-state index in [0.717, 1.165) is 37.2 Å². The van der Waals surface area contributed by atoms with Crippen LogP contribution < -0.4 is 10.1 Å². The second-order valence-corrected chi connectivity index (χ2v) is 5.67. The van der Waals surface area contributed by atoms with E-state index in [1.54, 1.807) is 6.08 Å². The number of rotatable bonds is 5. The standard InChI is InChI=1S/C16H19NO3/c18-11-16(6-7-16)10-17-15(19)4-2-12-1-3-14-13(9-12)5-8-20-14/h1-4,9,18H,5-8,10-11H2,(H,17,19)/b4-2+. The van der Waals surface area contributed by atoms with Crippen molar-refractivity contribution in [3.8, 4) is 5.75 Å². The molecule has 1 amide bonds. The Morgan fingerprint density at radius 1 is 1.45 bits per heavy atom. The Balaban J connectivity index is 1.55. The van der Waals surface area contributed by atoms with Crippen LogP contribution in [0, 0.1) is 5.41 Å². The molecule has 4 heteroatoms. The molecule has 0 saturated heterocycles. The Labute approximate surface area is 118 Å². The van der Waals surface area contributed by atoms with Crippen LogP contribution in [-0.2, 0) is 11.2 Å². The smallest absolute Gasteiger partial charge is 0.244 e. The first-order valence-corrected chi connectivity index (χ1v) is 7.03. The average molecular weight is 273 g/mol. The van der Waals surface area contributed by atoms with Crippen molar-refractivity contribution in [1.82, 2.24) is 5.32 Å². The minimum Gasteiger partial charge on any atom is -0.493 e. The quantitative estimate of drug-likeness (QED) is 0.800. The number of carbonyl (C=O) groups is 1. The van der Waals surface area contributed by atoms with Crippen LogP contribution in [-0.4, -0.2) is 30.8 Å². The Hall–Kier alpha value is -1.81. The highest BCUT2D eigenvalue weighted by Gasteiger charge is 2.41. The molecule has 0 spiro atoms. The van der Waals surface area contributed by atoms with Crippen molar-refractivity contribution in [2.45, 2.75) is 19.3 Å². The minimum atomic E-state index is -0.110. The molecule has 2 aliphatic rings. The van der Waals surface area contributed by atoms with Crippen molar-refractivity contribution in [3.05, 3.63) is 35.4 Å². The van der Waals surface area contributed by atoms with Gasteiger partial charge in [0, 0.05) is 24.5 Å². The molecule has 0 radical (unpaired) electrons. The molecule has 0 atom stereocenters. The fourth-order valence-corrected chi connectivity index (χ4v) is 2.38. The van der Waals surface area contributed by atoms with Crippen LogP contribution in [0.15, 0.2) is 24.3 Å². The second-order valence-electron chi connectivity index (χ2n) is 5.67. The van der Waals surface area contributed by atoms with Crippen LogP contribution >= 0.6 is 0 Å². The third-order valence-corrected chi connectivity index (χ3v) is 4.07. The van der Waals surface area contributed by atoms with Crippen LogP contribution in [0.25, 0.3) is 6.08 Å². The summed E-state index contributed by atoms with van der Waals surface area (Å²) in [6, 6.07) is 5.96. The van der Waals surface area contributed by atoms with E-state index in [4.69, 9.17) is 4.74 Å². The van der Waals surface area contributed by atoms with Gasteiger partial charge in [0.1, 0.15) is 5.75 Å². The van der Waals surface area contributed by atoms with Crippen LogP contribution in [0.2, 0.25) is 0 Å². The summed E-state index contributed by atoms with van der Waals surface area (Å²) in [6.07, 6.45) is 6.29. The third-order valence-electron chi connectivity index (χ3n) is 4.07. The van der Waals surface area contributed by atoms with Crippen molar-refractivity contribution < 1.29 is 14.6 Å². The molecule has 1 heterocycles. The van der Waals surface area contributed by atoms with Gasteiger partial charge in [0.05, 0.1) is 13.2 Å². The number of fused-ring (bicyclic) bond motifs is 1. The predicted molar refractivity (Wildman–Crippen MR) is 76.4 cm³/mol. The lowest BCUT2D eigenvalue weighted by Gasteiger charge is -2.11. The maximum Gasteiger partial charge on any atom is 0.244 e. The molecule has 1 fully saturated rings. The zero-order valence-corrected chi connectivity index (χ0v) is 11.4. The lowest BCUT2D eigenvalue weighted by molar-refractivity contribution is -0.116. The maximum atomic E-state index is 11.7.